The summed E-state index contributed by atoms with van der Waals surface area (Å²) in [5.74, 6) is -1.26. The van der Waals surface area contributed by atoms with E-state index in [1.807, 2.05) is 38.1 Å². The van der Waals surface area contributed by atoms with Crippen molar-refractivity contribution in [1.29, 1.82) is 0 Å². The van der Waals surface area contributed by atoms with E-state index >= 15 is 0 Å². The van der Waals surface area contributed by atoms with Crippen LogP contribution in [0.4, 0.5) is 4.79 Å². The normalized spacial score (nSPS) is 19.3. The Morgan fingerprint density at radius 1 is 1.38 bits per heavy atom. The lowest BCUT2D eigenvalue weighted by atomic mass is 10.0. The van der Waals surface area contributed by atoms with Crippen molar-refractivity contribution < 1.29 is 14.7 Å². The maximum atomic E-state index is 12.2. The summed E-state index contributed by atoms with van der Waals surface area (Å²) in [6.07, 6.45) is 1.33. The summed E-state index contributed by atoms with van der Waals surface area (Å²) in [4.78, 5) is 24.8. The molecule has 1 aliphatic heterocycles. The van der Waals surface area contributed by atoms with Crippen molar-refractivity contribution in [2.75, 3.05) is 13.1 Å². The van der Waals surface area contributed by atoms with Gasteiger partial charge in [0.25, 0.3) is 0 Å². The van der Waals surface area contributed by atoms with Gasteiger partial charge in [0.05, 0.1) is 12.0 Å². The van der Waals surface area contributed by atoms with Gasteiger partial charge in [-0.3, -0.25) is 4.79 Å². The molecule has 1 aliphatic rings. The highest BCUT2D eigenvalue weighted by Gasteiger charge is 2.31. The fourth-order valence-electron chi connectivity index (χ4n) is 2.61. The third-order valence-electron chi connectivity index (χ3n) is 4.01. The third kappa shape index (κ3) is 3.74. The molecule has 1 aromatic carbocycles. The number of urea groups is 1. The van der Waals surface area contributed by atoms with Gasteiger partial charge < -0.3 is 15.3 Å². The Bertz CT molecular complexity index is 513. The van der Waals surface area contributed by atoms with Crippen LogP contribution in [0.25, 0.3) is 0 Å². The van der Waals surface area contributed by atoms with Crippen LogP contribution in [-0.2, 0) is 4.79 Å². The van der Waals surface area contributed by atoms with Gasteiger partial charge in [0.15, 0.2) is 0 Å². The predicted molar refractivity (Wildman–Crippen MR) is 80.1 cm³/mol. The van der Waals surface area contributed by atoms with E-state index in [9.17, 15) is 9.59 Å². The van der Waals surface area contributed by atoms with Crippen LogP contribution in [0.2, 0.25) is 0 Å². The van der Waals surface area contributed by atoms with Crippen LogP contribution in [-0.4, -0.2) is 35.1 Å². The third-order valence-corrected chi connectivity index (χ3v) is 4.01. The Morgan fingerprint density at radius 2 is 2.05 bits per heavy atom. The van der Waals surface area contributed by atoms with E-state index in [1.165, 1.54) is 5.56 Å². The first kappa shape index (κ1) is 15.4. The molecule has 5 nitrogen and oxygen atoms in total. The van der Waals surface area contributed by atoms with Gasteiger partial charge >= 0.3 is 12.0 Å². The number of aliphatic carboxylic acids is 1. The molecule has 2 unspecified atom stereocenters. The van der Waals surface area contributed by atoms with Crippen LogP contribution in [0.5, 0.6) is 0 Å². The van der Waals surface area contributed by atoms with E-state index in [0.29, 0.717) is 19.5 Å². The number of aryl methyl sites for hydroxylation is 1. The largest absolute Gasteiger partial charge is 0.481 e. The number of nitrogens with zero attached hydrogens (tertiary/aromatic N) is 1. The number of rotatable bonds is 4. The molecule has 2 atom stereocenters. The highest BCUT2D eigenvalue weighted by atomic mass is 16.4. The van der Waals surface area contributed by atoms with Gasteiger partial charge in [-0.25, -0.2) is 4.79 Å². The van der Waals surface area contributed by atoms with Gasteiger partial charge in [-0.1, -0.05) is 36.8 Å². The summed E-state index contributed by atoms with van der Waals surface area (Å²) in [5.41, 5.74) is 2.26. The molecule has 0 bridgehead atoms. The summed E-state index contributed by atoms with van der Waals surface area (Å²) >= 11 is 0. The van der Waals surface area contributed by atoms with Crippen LogP contribution in [0.3, 0.4) is 0 Å². The summed E-state index contributed by atoms with van der Waals surface area (Å²) in [6.45, 7) is 4.85. The maximum absolute atomic E-state index is 12.2. The topological polar surface area (TPSA) is 69.6 Å². The first-order valence-electron chi connectivity index (χ1n) is 7.36. The SMILES string of the molecule is CCC(NC(=O)N1CCC(C(=O)O)C1)c1ccc(C)cc1. The molecule has 5 heteroatoms. The molecular formula is C16H22N2O3. The predicted octanol–water partition coefficient (Wildman–Crippen LogP) is 2.56. The Morgan fingerprint density at radius 3 is 2.57 bits per heavy atom. The van der Waals surface area contributed by atoms with E-state index in [4.69, 9.17) is 5.11 Å². The van der Waals surface area contributed by atoms with Crippen molar-refractivity contribution in [2.24, 2.45) is 5.92 Å². The van der Waals surface area contributed by atoms with Gasteiger partial charge in [0.1, 0.15) is 0 Å². The molecule has 2 amide bonds. The average molecular weight is 290 g/mol. The highest BCUT2D eigenvalue weighted by Crippen LogP contribution is 2.20. The summed E-state index contributed by atoms with van der Waals surface area (Å²) < 4.78 is 0. The number of carboxylic acids is 1. The zero-order valence-corrected chi connectivity index (χ0v) is 12.5. The minimum atomic E-state index is -0.823. The van der Waals surface area contributed by atoms with Crippen molar-refractivity contribution in [3.8, 4) is 0 Å². The zero-order chi connectivity index (χ0) is 15.4. The standard InChI is InChI=1S/C16H22N2O3/c1-3-14(12-6-4-11(2)5-7-12)17-16(21)18-9-8-13(10-18)15(19)20/h4-7,13-14H,3,8-10H2,1-2H3,(H,17,21)(H,19,20). The smallest absolute Gasteiger partial charge is 0.317 e. The number of hydrogen-bond donors (Lipinski definition) is 2. The summed E-state index contributed by atoms with van der Waals surface area (Å²) in [6, 6.07) is 7.89. The molecule has 1 fully saturated rings. The molecule has 0 saturated carbocycles. The number of carboxylic acid groups (broad SMARTS) is 1. The van der Waals surface area contributed by atoms with Crippen molar-refractivity contribution in [2.45, 2.75) is 32.7 Å². The van der Waals surface area contributed by atoms with E-state index in [2.05, 4.69) is 5.32 Å². The number of benzene rings is 1. The van der Waals surface area contributed by atoms with E-state index < -0.39 is 11.9 Å². The zero-order valence-electron chi connectivity index (χ0n) is 12.5. The molecule has 21 heavy (non-hydrogen) atoms. The molecule has 1 saturated heterocycles. The second kappa shape index (κ2) is 6.61. The minimum Gasteiger partial charge on any atom is -0.481 e. The molecule has 114 valence electrons. The number of nitrogens with one attached hydrogen (secondary N) is 1. The Balaban J connectivity index is 1.97. The summed E-state index contributed by atoms with van der Waals surface area (Å²) in [7, 11) is 0. The van der Waals surface area contributed by atoms with Crippen LogP contribution < -0.4 is 5.32 Å². The summed E-state index contributed by atoms with van der Waals surface area (Å²) in [5, 5.41) is 12.0. The van der Waals surface area contributed by atoms with E-state index in [0.717, 1.165) is 12.0 Å². The maximum Gasteiger partial charge on any atom is 0.317 e. The van der Waals surface area contributed by atoms with Crippen molar-refractivity contribution in [1.82, 2.24) is 10.2 Å². The quantitative estimate of drug-likeness (QED) is 0.895. The number of likely N-dealkylation sites (tertiary alicyclic amines) is 1. The van der Waals surface area contributed by atoms with Crippen molar-refractivity contribution in [3.05, 3.63) is 35.4 Å². The lowest BCUT2D eigenvalue weighted by Crippen LogP contribution is -2.40. The van der Waals surface area contributed by atoms with Gasteiger partial charge in [-0.15, -0.1) is 0 Å². The number of carbonyl (C=O) groups is 2. The number of amides is 2. The fourth-order valence-corrected chi connectivity index (χ4v) is 2.61. The van der Waals surface area contributed by atoms with Crippen LogP contribution in [0, 0.1) is 12.8 Å². The lowest BCUT2D eigenvalue weighted by Gasteiger charge is -2.23. The van der Waals surface area contributed by atoms with E-state index in [-0.39, 0.29) is 12.1 Å². The van der Waals surface area contributed by atoms with Gasteiger partial charge in [0, 0.05) is 13.1 Å². The van der Waals surface area contributed by atoms with E-state index in [1.54, 1.807) is 4.90 Å². The Labute approximate surface area is 125 Å². The molecule has 1 aromatic rings. The second-order valence-corrected chi connectivity index (χ2v) is 5.59. The molecule has 0 radical (unpaired) electrons. The molecule has 0 aliphatic carbocycles. The highest BCUT2D eigenvalue weighted by molar-refractivity contribution is 5.77. The molecule has 2 rings (SSSR count). The Hall–Kier alpha value is -2.04. The number of carbonyl (C=O) groups excluding carboxylic acids is 1. The minimum absolute atomic E-state index is 0.0398. The molecule has 1 heterocycles. The molecule has 0 aromatic heterocycles. The Kier molecular flexibility index (Phi) is 4.83. The lowest BCUT2D eigenvalue weighted by molar-refractivity contribution is -0.141. The van der Waals surface area contributed by atoms with Crippen molar-refractivity contribution >= 4 is 12.0 Å². The molecule has 0 spiro atoms. The van der Waals surface area contributed by atoms with Gasteiger partial charge in [-0.2, -0.15) is 0 Å². The monoisotopic (exact) mass is 290 g/mol. The van der Waals surface area contributed by atoms with Crippen molar-refractivity contribution in [3.63, 3.8) is 0 Å². The van der Waals surface area contributed by atoms with Crippen LogP contribution in [0.1, 0.15) is 36.9 Å². The fraction of sp³-hybridized carbons (Fsp3) is 0.500. The van der Waals surface area contributed by atoms with Gasteiger partial charge in [-0.05, 0) is 25.3 Å². The molecular weight excluding hydrogens is 268 g/mol. The van der Waals surface area contributed by atoms with Crippen LogP contribution >= 0.6 is 0 Å². The first-order valence-corrected chi connectivity index (χ1v) is 7.36. The first-order chi connectivity index (χ1) is 10.0. The van der Waals surface area contributed by atoms with Crippen LogP contribution in [0.15, 0.2) is 24.3 Å². The average Bonchev–Trinajstić information content (AvgIpc) is 2.96. The molecule has 2 N–H and O–H groups in total. The van der Waals surface area contributed by atoms with Gasteiger partial charge in [0.2, 0.25) is 0 Å². The second-order valence-electron chi connectivity index (χ2n) is 5.59. The number of hydrogen-bond acceptors (Lipinski definition) is 2.